The molecule has 6 nitrogen and oxygen atoms in total. The summed E-state index contributed by atoms with van der Waals surface area (Å²) in [6.07, 6.45) is 0.930. The highest BCUT2D eigenvalue weighted by Gasteiger charge is 2.44. The Morgan fingerprint density at radius 2 is 1.82 bits per heavy atom. The Morgan fingerprint density at radius 3 is 2.56 bits per heavy atom. The van der Waals surface area contributed by atoms with Gasteiger partial charge in [0.2, 0.25) is 5.90 Å². The first-order valence-corrected chi connectivity index (χ1v) is 11.2. The number of aliphatic hydroxyl groups excluding tert-OH is 1. The van der Waals surface area contributed by atoms with Crippen molar-refractivity contribution in [3.05, 3.63) is 101 Å². The Bertz CT molecular complexity index is 1130. The number of aliphatic imine (C=N–C) groups is 1. The molecule has 34 heavy (non-hydrogen) atoms. The van der Waals surface area contributed by atoms with Gasteiger partial charge in [-0.3, -0.25) is 4.79 Å². The number of benzene rings is 3. The number of aliphatic hydroxyl groups is 1. The van der Waals surface area contributed by atoms with E-state index >= 15 is 0 Å². The van der Waals surface area contributed by atoms with Crippen molar-refractivity contribution in [1.82, 2.24) is 5.32 Å². The van der Waals surface area contributed by atoms with E-state index in [1.807, 2.05) is 42.5 Å². The van der Waals surface area contributed by atoms with Gasteiger partial charge in [0.25, 0.3) is 5.91 Å². The second kappa shape index (κ2) is 10.9. The molecule has 4 rings (SSSR count). The molecule has 0 saturated carbocycles. The molecule has 3 aromatic rings. The van der Waals surface area contributed by atoms with Crippen LogP contribution < -0.4 is 10.1 Å². The second-order valence-corrected chi connectivity index (χ2v) is 8.16. The van der Waals surface area contributed by atoms with Crippen LogP contribution >= 0.6 is 0 Å². The minimum absolute atomic E-state index is 0.0769. The second-order valence-electron chi connectivity index (χ2n) is 8.16. The third-order valence-electron chi connectivity index (χ3n) is 5.54. The molecule has 0 saturated heterocycles. The van der Waals surface area contributed by atoms with Crippen molar-refractivity contribution in [1.29, 1.82) is 0 Å². The molecule has 1 atom stereocenters. The topological polar surface area (TPSA) is 80.2 Å². The quantitative estimate of drug-likeness (QED) is 0.451. The van der Waals surface area contributed by atoms with Crippen molar-refractivity contribution in [2.45, 2.75) is 24.9 Å². The van der Waals surface area contributed by atoms with Crippen LogP contribution in [-0.2, 0) is 22.5 Å². The third kappa shape index (κ3) is 5.80. The minimum atomic E-state index is -1.14. The summed E-state index contributed by atoms with van der Waals surface area (Å²) in [6.45, 7) is 0.797. The summed E-state index contributed by atoms with van der Waals surface area (Å²) in [5.74, 6) is 0.441. The lowest BCUT2D eigenvalue weighted by molar-refractivity contribution is -0.126. The zero-order valence-electron chi connectivity index (χ0n) is 18.7. The number of carbonyl (C=O) groups excluding carboxylic acids is 1. The van der Waals surface area contributed by atoms with E-state index in [4.69, 9.17) is 19.6 Å². The predicted octanol–water partition coefficient (Wildman–Crippen LogP) is 3.66. The average Bonchev–Trinajstić information content (AvgIpc) is 3.29. The van der Waals surface area contributed by atoms with Crippen molar-refractivity contribution in [3.63, 3.8) is 0 Å². The first kappa shape index (κ1) is 23.4. The molecule has 0 spiro atoms. The standard InChI is InChI=1S/C27H27FN2O4/c28-23-9-4-8-21(16-23)18-29-26(32)27(17-20-6-2-1-3-7-20)19-34-25(30-27)22-10-12-24(13-11-22)33-15-5-14-31/h1-4,6-13,16,31H,5,14-15,17-19H2,(H,29,32)/t27-/m1/s1. The van der Waals surface area contributed by atoms with Gasteiger partial charge >= 0.3 is 0 Å². The first-order chi connectivity index (χ1) is 16.6. The van der Waals surface area contributed by atoms with E-state index in [1.54, 1.807) is 24.3 Å². The van der Waals surface area contributed by atoms with Gasteiger partial charge in [-0.25, -0.2) is 9.38 Å². The summed E-state index contributed by atoms with van der Waals surface area (Å²) < 4.78 is 25.0. The minimum Gasteiger partial charge on any atom is -0.494 e. The van der Waals surface area contributed by atoms with Gasteiger partial charge in [0, 0.05) is 31.6 Å². The fourth-order valence-electron chi connectivity index (χ4n) is 3.76. The molecular formula is C27H27FN2O4. The highest BCUT2D eigenvalue weighted by atomic mass is 19.1. The van der Waals surface area contributed by atoms with Crippen molar-refractivity contribution in [3.8, 4) is 5.75 Å². The van der Waals surface area contributed by atoms with E-state index in [9.17, 15) is 9.18 Å². The number of nitrogens with one attached hydrogen (secondary N) is 1. The van der Waals surface area contributed by atoms with E-state index in [-0.39, 0.29) is 31.5 Å². The number of hydrogen-bond acceptors (Lipinski definition) is 5. The van der Waals surface area contributed by atoms with Gasteiger partial charge in [-0.15, -0.1) is 0 Å². The number of ether oxygens (including phenoxy) is 2. The highest BCUT2D eigenvalue weighted by molar-refractivity contribution is 6.00. The van der Waals surface area contributed by atoms with Crippen LogP contribution in [-0.4, -0.2) is 42.3 Å². The fraction of sp³-hybridized carbons (Fsp3) is 0.259. The maximum Gasteiger partial charge on any atom is 0.252 e. The van der Waals surface area contributed by atoms with E-state index in [0.717, 1.165) is 11.1 Å². The number of rotatable bonds is 10. The molecule has 1 aliphatic rings. The van der Waals surface area contributed by atoms with E-state index in [1.165, 1.54) is 12.1 Å². The normalized spacial score (nSPS) is 17.1. The zero-order valence-corrected chi connectivity index (χ0v) is 18.7. The zero-order chi connectivity index (χ0) is 23.8. The van der Waals surface area contributed by atoms with Crippen LogP contribution in [0.25, 0.3) is 0 Å². The largest absolute Gasteiger partial charge is 0.494 e. The Hall–Kier alpha value is -3.71. The molecule has 176 valence electrons. The van der Waals surface area contributed by atoms with Gasteiger partial charge in [-0.05, 0) is 47.5 Å². The van der Waals surface area contributed by atoms with Gasteiger partial charge < -0.3 is 19.9 Å². The molecule has 0 unspecified atom stereocenters. The van der Waals surface area contributed by atoms with Crippen LogP contribution in [0.4, 0.5) is 4.39 Å². The van der Waals surface area contributed by atoms with Crippen molar-refractivity contribution in [2.75, 3.05) is 19.8 Å². The Morgan fingerprint density at radius 1 is 1.06 bits per heavy atom. The third-order valence-corrected chi connectivity index (χ3v) is 5.54. The van der Waals surface area contributed by atoms with Gasteiger partial charge in [-0.1, -0.05) is 42.5 Å². The van der Waals surface area contributed by atoms with E-state index in [0.29, 0.717) is 36.7 Å². The van der Waals surface area contributed by atoms with Gasteiger partial charge in [0.05, 0.1) is 6.61 Å². The first-order valence-electron chi connectivity index (χ1n) is 11.2. The molecular weight excluding hydrogens is 435 g/mol. The summed E-state index contributed by atoms with van der Waals surface area (Å²) >= 11 is 0. The van der Waals surface area contributed by atoms with Crippen molar-refractivity contribution in [2.24, 2.45) is 4.99 Å². The Balaban J connectivity index is 1.54. The van der Waals surface area contributed by atoms with Crippen LogP contribution in [0, 0.1) is 5.82 Å². The summed E-state index contributed by atoms with van der Waals surface area (Å²) in [7, 11) is 0. The fourth-order valence-corrected chi connectivity index (χ4v) is 3.76. The lowest BCUT2D eigenvalue weighted by atomic mass is 9.91. The van der Waals surface area contributed by atoms with Crippen molar-refractivity contribution >= 4 is 11.8 Å². The summed E-state index contributed by atoms with van der Waals surface area (Å²) in [4.78, 5) is 18.1. The summed E-state index contributed by atoms with van der Waals surface area (Å²) in [5, 5.41) is 11.8. The SMILES string of the molecule is O=C(NCc1cccc(F)c1)[C@@]1(Cc2ccccc2)COC(c2ccc(OCCCO)cc2)=N1. The predicted molar refractivity (Wildman–Crippen MR) is 127 cm³/mol. The van der Waals surface area contributed by atoms with Crippen LogP contribution in [0.1, 0.15) is 23.1 Å². The summed E-state index contributed by atoms with van der Waals surface area (Å²) in [5.41, 5.74) is 1.23. The van der Waals surface area contributed by atoms with Crippen LogP contribution in [0.5, 0.6) is 5.75 Å². The van der Waals surface area contributed by atoms with E-state index in [2.05, 4.69) is 5.32 Å². The van der Waals surface area contributed by atoms with Crippen LogP contribution in [0.3, 0.4) is 0 Å². The van der Waals surface area contributed by atoms with Crippen LogP contribution in [0.15, 0.2) is 83.9 Å². The van der Waals surface area contributed by atoms with Crippen molar-refractivity contribution < 1.29 is 23.8 Å². The molecule has 3 aromatic carbocycles. The highest BCUT2D eigenvalue weighted by Crippen LogP contribution is 2.28. The lowest BCUT2D eigenvalue weighted by Crippen LogP contribution is -2.48. The number of nitrogens with zero attached hydrogens (tertiary/aromatic N) is 1. The van der Waals surface area contributed by atoms with E-state index < -0.39 is 5.54 Å². The smallest absolute Gasteiger partial charge is 0.252 e. The molecule has 1 aliphatic heterocycles. The lowest BCUT2D eigenvalue weighted by Gasteiger charge is -2.23. The number of amides is 1. The van der Waals surface area contributed by atoms with Gasteiger partial charge in [0.1, 0.15) is 18.2 Å². The van der Waals surface area contributed by atoms with Crippen LogP contribution in [0.2, 0.25) is 0 Å². The Kier molecular flexibility index (Phi) is 7.54. The molecule has 0 aliphatic carbocycles. The molecule has 1 heterocycles. The number of carbonyl (C=O) groups is 1. The molecule has 1 amide bonds. The number of halogens is 1. The molecule has 0 fully saturated rings. The Labute approximate surface area is 198 Å². The molecule has 0 aromatic heterocycles. The van der Waals surface area contributed by atoms with Gasteiger partial charge in [-0.2, -0.15) is 0 Å². The molecule has 0 radical (unpaired) electrons. The average molecular weight is 463 g/mol. The maximum atomic E-state index is 13.5. The maximum absolute atomic E-state index is 13.5. The summed E-state index contributed by atoms with van der Waals surface area (Å²) in [6, 6.07) is 23.1. The van der Waals surface area contributed by atoms with Gasteiger partial charge in [0.15, 0.2) is 5.54 Å². The molecule has 7 heteroatoms. The molecule has 2 N–H and O–H groups in total. The monoisotopic (exact) mass is 462 g/mol. The molecule has 0 bridgehead atoms. The number of hydrogen-bond donors (Lipinski definition) is 2.